The predicted molar refractivity (Wildman–Crippen MR) is 107 cm³/mol. The monoisotopic (exact) mass is 456 g/mol. The van der Waals surface area contributed by atoms with Gasteiger partial charge in [-0.3, -0.25) is 4.79 Å². The maximum atomic E-state index is 13.4. The molecule has 1 aromatic carbocycles. The molecule has 9 heteroatoms. The van der Waals surface area contributed by atoms with Gasteiger partial charge in [-0.2, -0.15) is 17.9 Å². The molecule has 0 aromatic heterocycles. The van der Waals surface area contributed by atoms with E-state index in [-0.39, 0.29) is 11.4 Å². The second kappa shape index (κ2) is 6.94. The van der Waals surface area contributed by atoms with Gasteiger partial charge in [0.25, 0.3) is 0 Å². The Hall–Kier alpha value is -1.61. The third-order valence-corrected chi connectivity index (χ3v) is 9.46. The Morgan fingerprint density at radius 2 is 1.52 bits per heavy atom. The zero-order valence-electron chi connectivity index (χ0n) is 17.2. The van der Waals surface area contributed by atoms with E-state index in [2.05, 4.69) is 10.0 Å². The summed E-state index contributed by atoms with van der Waals surface area (Å²) in [6.07, 6.45) is 2.82. The second-order valence-corrected chi connectivity index (χ2v) is 11.8. The van der Waals surface area contributed by atoms with Gasteiger partial charge in [0.15, 0.2) is 0 Å². The van der Waals surface area contributed by atoms with Gasteiger partial charge in [0.05, 0.1) is 10.5 Å². The molecule has 5 saturated carbocycles. The van der Waals surface area contributed by atoms with Crippen molar-refractivity contribution in [1.82, 2.24) is 10.0 Å². The normalized spacial score (nSPS) is 33.7. The van der Waals surface area contributed by atoms with Crippen LogP contribution in [0.5, 0.6) is 0 Å². The summed E-state index contributed by atoms with van der Waals surface area (Å²) in [7, 11) is -4.53. The molecule has 0 saturated heterocycles. The number of hydrogen-bond acceptors (Lipinski definition) is 3. The maximum Gasteiger partial charge on any atom is 0.417 e. The molecule has 170 valence electrons. The highest BCUT2D eigenvalue weighted by atomic mass is 32.2. The number of benzene rings is 1. The topological polar surface area (TPSA) is 75.3 Å². The summed E-state index contributed by atoms with van der Waals surface area (Å²) in [4.78, 5) is 12.5. The van der Waals surface area contributed by atoms with Crippen molar-refractivity contribution in [1.29, 1.82) is 0 Å². The minimum atomic E-state index is -4.81. The zero-order chi connectivity index (χ0) is 22.1. The Morgan fingerprint density at radius 1 is 0.968 bits per heavy atom. The van der Waals surface area contributed by atoms with Crippen molar-refractivity contribution in [3.63, 3.8) is 0 Å². The Bertz CT molecular complexity index is 966. The number of halogens is 3. The Labute approximate surface area is 180 Å². The summed E-state index contributed by atoms with van der Waals surface area (Å²) in [5.74, 6) is 1.45. The van der Waals surface area contributed by atoms with Crippen molar-refractivity contribution in [3.05, 3.63) is 29.8 Å². The molecule has 0 spiro atoms. The van der Waals surface area contributed by atoms with E-state index in [0.29, 0.717) is 37.0 Å². The van der Waals surface area contributed by atoms with E-state index in [9.17, 15) is 26.4 Å². The van der Waals surface area contributed by atoms with Crippen LogP contribution in [-0.4, -0.2) is 25.4 Å². The fourth-order valence-corrected chi connectivity index (χ4v) is 8.43. The van der Waals surface area contributed by atoms with Crippen LogP contribution >= 0.6 is 0 Å². The van der Waals surface area contributed by atoms with Gasteiger partial charge in [-0.05, 0) is 87.7 Å². The third kappa shape index (κ3) is 3.67. The van der Waals surface area contributed by atoms with Crippen LogP contribution in [0.3, 0.4) is 0 Å². The number of carbonyl (C=O) groups is 1. The van der Waals surface area contributed by atoms with Crippen molar-refractivity contribution in [2.24, 2.45) is 17.8 Å². The first kappa shape index (κ1) is 21.2. The van der Waals surface area contributed by atoms with Gasteiger partial charge in [-0.15, -0.1) is 0 Å². The molecule has 1 amide bonds. The van der Waals surface area contributed by atoms with Gasteiger partial charge in [0.2, 0.25) is 15.9 Å². The maximum absolute atomic E-state index is 13.4. The average Bonchev–Trinajstić information content (AvgIpc) is 2.62. The Morgan fingerprint density at radius 3 is 2.00 bits per heavy atom. The molecule has 1 aromatic rings. The van der Waals surface area contributed by atoms with Crippen LogP contribution in [0.1, 0.15) is 63.4 Å². The van der Waals surface area contributed by atoms with Crippen molar-refractivity contribution >= 4 is 15.9 Å². The minimum Gasteiger partial charge on any atom is -0.349 e. The van der Waals surface area contributed by atoms with E-state index < -0.39 is 32.2 Å². The summed E-state index contributed by atoms with van der Waals surface area (Å²) < 4.78 is 68.5. The molecule has 0 heterocycles. The van der Waals surface area contributed by atoms with Crippen molar-refractivity contribution in [2.75, 3.05) is 0 Å². The number of nitrogens with one attached hydrogen (secondary N) is 2. The standard InChI is InChI=1S/C22H27F3N2O3S/c23-22(24,25)17-4-1-2-5-18(17)31(29,30)27-21(6-3-7-21)19(28)26-20-11-14-8-15(12-20)10-16(9-14)13-20/h1-2,4-5,14-16,27H,3,6-13H2,(H,26,28). The largest absolute Gasteiger partial charge is 0.417 e. The van der Waals surface area contributed by atoms with E-state index in [4.69, 9.17) is 0 Å². The first-order valence-corrected chi connectivity index (χ1v) is 12.5. The molecule has 5 nitrogen and oxygen atoms in total. The summed E-state index contributed by atoms with van der Waals surface area (Å²) >= 11 is 0. The Kier molecular flexibility index (Phi) is 4.76. The number of hydrogen-bond donors (Lipinski definition) is 2. The Balaban J connectivity index is 1.39. The molecule has 2 N–H and O–H groups in total. The molecule has 0 radical (unpaired) electrons. The molecule has 0 unspecified atom stereocenters. The van der Waals surface area contributed by atoms with Crippen molar-refractivity contribution in [2.45, 2.75) is 79.9 Å². The van der Waals surface area contributed by atoms with E-state index in [1.807, 2.05) is 0 Å². The van der Waals surface area contributed by atoms with Gasteiger partial charge < -0.3 is 5.32 Å². The first-order valence-electron chi connectivity index (χ1n) is 11.0. The van der Waals surface area contributed by atoms with Crippen LogP contribution in [0.4, 0.5) is 13.2 Å². The molecule has 0 aliphatic heterocycles. The molecule has 31 heavy (non-hydrogen) atoms. The van der Waals surface area contributed by atoms with Crippen LogP contribution in [0.2, 0.25) is 0 Å². The lowest BCUT2D eigenvalue weighted by Crippen LogP contribution is -2.68. The predicted octanol–water partition coefficient (Wildman–Crippen LogP) is 3.99. The van der Waals surface area contributed by atoms with Crippen LogP contribution in [0.25, 0.3) is 0 Å². The zero-order valence-corrected chi connectivity index (χ0v) is 18.0. The van der Waals surface area contributed by atoms with Crippen molar-refractivity contribution in [3.8, 4) is 0 Å². The minimum absolute atomic E-state index is 0.288. The fourth-order valence-electron chi connectivity index (χ4n) is 6.78. The fraction of sp³-hybridized carbons (Fsp3) is 0.682. The highest BCUT2D eigenvalue weighted by Crippen LogP contribution is 2.56. The van der Waals surface area contributed by atoms with Crippen LogP contribution in [-0.2, 0) is 21.0 Å². The van der Waals surface area contributed by atoms with Crippen LogP contribution in [0, 0.1) is 17.8 Å². The van der Waals surface area contributed by atoms with Gasteiger partial charge in [-0.1, -0.05) is 12.1 Å². The number of alkyl halides is 3. The van der Waals surface area contributed by atoms with Gasteiger partial charge in [-0.25, -0.2) is 8.42 Å². The molecule has 0 atom stereocenters. The molecular weight excluding hydrogens is 429 g/mol. The van der Waals surface area contributed by atoms with Gasteiger partial charge in [0.1, 0.15) is 5.54 Å². The van der Waals surface area contributed by atoms with E-state index in [1.54, 1.807) is 0 Å². The molecule has 4 bridgehead atoms. The highest BCUT2D eigenvalue weighted by molar-refractivity contribution is 7.89. The first-order chi connectivity index (χ1) is 14.5. The van der Waals surface area contributed by atoms with Gasteiger partial charge >= 0.3 is 6.18 Å². The lowest BCUT2D eigenvalue weighted by molar-refractivity contribution is -0.139. The summed E-state index contributed by atoms with van der Waals surface area (Å²) in [6.45, 7) is 0. The van der Waals surface area contributed by atoms with Crippen LogP contribution in [0.15, 0.2) is 29.2 Å². The van der Waals surface area contributed by atoms with Crippen molar-refractivity contribution < 1.29 is 26.4 Å². The second-order valence-electron chi connectivity index (χ2n) is 10.2. The average molecular weight is 457 g/mol. The number of rotatable bonds is 5. The highest BCUT2D eigenvalue weighted by Gasteiger charge is 2.55. The number of carbonyl (C=O) groups excluding carboxylic acids is 1. The van der Waals surface area contributed by atoms with E-state index in [1.165, 1.54) is 25.3 Å². The third-order valence-electron chi connectivity index (χ3n) is 7.87. The van der Waals surface area contributed by atoms with E-state index in [0.717, 1.165) is 37.5 Å². The molecular formula is C22H27F3N2O3S. The summed E-state index contributed by atoms with van der Waals surface area (Å²) in [5.41, 5.74) is -2.89. The van der Waals surface area contributed by atoms with E-state index >= 15 is 0 Å². The molecule has 5 aliphatic rings. The SMILES string of the molecule is O=C(NC12CC3CC(CC(C3)C1)C2)C1(NS(=O)(=O)c2ccccc2C(F)(F)F)CCC1. The summed E-state index contributed by atoms with van der Waals surface area (Å²) in [5, 5.41) is 3.20. The van der Waals surface area contributed by atoms with Crippen LogP contribution < -0.4 is 10.0 Å². The number of sulfonamides is 1. The summed E-state index contributed by atoms with van der Waals surface area (Å²) in [6, 6.07) is 4.10. The number of amides is 1. The van der Waals surface area contributed by atoms with Gasteiger partial charge in [0, 0.05) is 5.54 Å². The quantitative estimate of drug-likeness (QED) is 0.704. The smallest absolute Gasteiger partial charge is 0.349 e. The lowest BCUT2D eigenvalue weighted by atomic mass is 9.53. The molecule has 5 fully saturated rings. The molecule has 6 rings (SSSR count). The molecule has 5 aliphatic carbocycles. The lowest BCUT2D eigenvalue weighted by Gasteiger charge is -2.57.